The van der Waals surface area contributed by atoms with E-state index in [0.717, 1.165) is 27.5 Å². The second kappa shape index (κ2) is 6.40. The molecule has 3 aromatic rings. The third kappa shape index (κ3) is 3.27. The number of halogens is 2. The molecule has 0 aromatic heterocycles. The Morgan fingerprint density at radius 2 is 1.67 bits per heavy atom. The fourth-order valence-corrected chi connectivity index (χ4v) is 2.99. The summed E-state index contributed by atoms with van der Waals surface area (Å²) in [6.45, 7) is 1.85. The number of fused-ring (bicyclic) bond motifs is 1. The zero-order chi connectivity index (χ0) is 17.3. The van der Waals surface area contributed by atoms with Crippen LogP contribution in [-0.4, -0.2) is 11.1 Å². The Labute approximate surface area is 138 Å². The molecular formula is C20H16F2O2. The Kier molecular flexibility index (Phi) is 4.30. The summed E-state index contributed by atoms with van der Waals surface area (Å²) < 4.78 is 26.8. The van der Waals surface area contributed by atoms with Gasteiger partial charge in [0.25, 0.3) is 0 Å². The second-order valence-electron chi connectivity index (χ2n) is 5.88. The summed E-state index contributed by atoms with van der Waals surface area (Å²) in [6.07, 6.45) is 0.398. The fraction of sp³-hybridized carbons (Fsp3) is 0.150. The van der Waals surface area contributed by atoms with Gasteiger partial charge in [-0.25, -0.2) is 8.78 Å². The molecule has 4 heteroatoms. The van der Waals surface area contributed by atoms with Crippen molar-refractivity contribution >= 4 is 16.7 Å². The molecule has 0 aliphatic carbocycles. The van der Waals surface area contributed by atoms with E-state index in [9.17, 15) is 13.6 Å². The van der Waals surface area contributed by atoms with Gasteiger partial charge in [-0.15, -0.1) is 0 Å². The second-order valence-corrected chi connectivity index (χ2v) is 5.88. The average Bonchev–Trinajstić information content (AvgIpc) is 2.53. The van der Waals surface area contributed by atoms with Crippen molar-refractivity contribution in [3.63, 3.8) is 0 Å². The van der Waals surface area contributed by atoms with Crippen LogP contribution >= 0.6 is 0 Å². The highest BCUT2D eigenvalue weighted by molar-refractivity contribution is 5.89. The molecule has 0 saturated heterocycles. The first-order chi connectivity index (χ1) is 11.4. The SMILES string of the molecule is Cc1c(CC(=O)O)cc2ccc(F)cc2c1Cc1ccc(F)cc1. The molecule has 0 aliphatic heterocycles. The van der Waals surface area contributed by atoms with Gasteiger partial charge in [0.05, 0.1) is 6.42 Å². The molecule has 2 nitrogen and oxygen atoms in total. The molecule has 24 heavy (non-hydrogen) atoms. The van der Waals surface area contributed by atoms with Gasteiger partial charge in [0.15, 0.2) is 0 Å². The van der Waals surface area contributed by atoms with Crippen LogP contribution < -0.4 is 0 Å². The Hall–Kier alpha value is -2.75. The van der Waals surface area contributed by atoms with Crippen molar-refractivity contribution in [3.8, 4) is 0 Å². The van der Waals surface area contributed by atoms with Crippen LogP contribution in [0.4, 0.5) is 8.78 Å². The van der Waals surface area contributed by atoms with E-state index in [0.29, 0.717) is 12.0 Å². The van der Waals surface area contributed by atoms with Gasteiger partial charge in [-0.3, -0.25) is 4.79 Å². The summed E-state index contributed by atoms with van der Waals surface area (Å²) in [7, 11) is 0. The molecule has 0 bridgehead atoms. The predicted molar refractivity (Wildman–Crippen MR) is 89.2 cm³/mol. The van der Waals surface area contributed by atoms with E-state index in [1.165, 1.54) is 24.3 Å². The predicted octanol–water partition coefficient (Wildman–Crippen LogP) is 4.64. The summed E-state index contributed by atoms with van der Waals surface area (Å²) >= 11 is 0. The van der Waals surface area contributed by atoms with Crippen LogP contribution in [0.2, 0.25) is 0 Å². The molecule has 0 heterocycles. The lowest BCUT2D eigenvalue weighted by molar-refractivity contribution is -0.136. The highest BCUT2D eigenvalue weighted by Gasteiger charge is 2.14. The van der Waals surface area contributed by atoms with E-state index in [1.54, 1.807) is 24.3 Å². The fourth-order valence-electron chi connectivity index (χ4n) is 2.99. The Balaban J connectivity index is 2.18. The lowest BCUT2D eigenvalue weighted by Crippen LogP contribution is -2.05. The molecule has 0 radical (unpaired) electrons. The van der Waals surface area contributed by atoms with Gasteiger partial charge in [0, 0.05) is 0 Å². The van der Waals surface area contributed by atoms with Crippen molar-refractivity contribution in [3.05, 3.63) is 82.4 Å². The average molecular weight is 326 g/mol. The Morgan fingerprint density at radius 1 is 1.00 bits per heavy atom. The number of carbonyl (C=O) groups is 1. The number of hydrogen-bond donors (Lipinski definition) is 1. The van der Waals surface area contributed by atoms with Crippen molar-refractivity contribution in [2.24, 2.45) is 0 Å². The molecule has 0 unspecified atom stereocenters. The van der Waals surface area contributed by atoms with Crippen LogP contribution in [0.3, 0.4) is 0 Å². The molecule has 3 aromatic carbocycles. The molecule has 0 saturated carbocycles. The van der Waals surface area contributed by atoms with Crippen molar-refractivity contribution in [1.82, 2.24) is 0 Å². The third-order valence-electron chi connectivity index (χ3n) is 4.24. The van der Waals surface area contributed by atoms with Crippen LogP contribution in [0, 0.1) is 18.6 Å². The molecule has 0 amide bonds. The van der Waals surface area contributed by atoms with Crippen LogP contribution in [0.15, 0.2) is 48.5 Å². The molecule has 122 valence electrons. The van der Waals surface area contributed by atoms with Crippen molar-refractivity contribution < 1.29 is 18.7 Å². The topological polar surface area (TPSA) is 37.3 Å². The minimum Gasteiger partial charge on any atom is -0.481 e. The summed E-state index contributed by atoms with van der Waals surface area (Å²) in [6, 6.07) is 12.4. The first-order valence-corrected chi connectivity index (χ1v) is 7.61. The normalized spacial score (nSPS) is 11.0. The maximum Gasteiger partial charge on any atom is 0.307 e. The molecule has 0 spiro atoms. The minimum atomic E-state index is -0.910. The summed E-state index contributed by atoms with van der Waals surface area (Å²) in [5.74, 6) is -1.56. The van der Waals surface area contributed by atoms with Gasteiger partial charge in [-0.1, -0.05) is 24.3 Å². The van der Waals surface area contributed by atoms with Crippen molar-refractivity contribution in [2.45, 2.75) is 19.8 Å². The lowest BCUT2D eigenvalue weighted by atomic mass is 9.90. The highest BCUT2D eigenvalue weighted by atomic mass is 19.1. The molecule has 0 aliphatic rings. The quantitative estimate of drug-likeness (QED) is 0.758. The zero-order valence-corrected chi connectivity index (χ0v) is 13.1. The third-order valence-corrected chi connectivity index (χ3v) is 4.24. The number of hydrogen-bond acceptors (Lipinski definition) is 1. The van der Waals surface area contributed by atoms with E-state index in [1.807, 2.05) is 6.92 Å². The van der Waals surface area contributed by atoms with Crippen LogP contribution in [0.5, 0.6) is 0 Å². The first kappa shape index (κ1) is 16.1. The van der Waals surface area contributed by atoms with Crippen molar-refractivity contribution in [1.29, 1.82) is 0 Å². The number of carboxylic acid groups (broad SMARTS) is 1. The molecule has 3 rings (SSSR count). The van der Waals surface area contributed by atoms with E-state index >= 15 is 0 Å². The molecule has 1 N–H and O–H groups in total. The molecule has 0 fully saturated rings. The van der Waals surface area contributed by atoms with Crippen LogP contribution in [0.25, 0.3) is 10.8 Å². The van der Waals surface area contributed by atoms with E-state index in [-0.39, 0.29) is 18.1 Å². The maximum atomic E-state index is 13.7. The van der Waals surface area contributed by atoms with Crippen LogP contribution in [-0.2, 0) is 17.6 Å². The number of carboxylic acids is 1. The van der Waals surface area contributed by atoms with E-state index in [2.05, 4.69) is 0 Å². The number of benzene rings is 3. The summed E-state index contributed by atoms with van der Waals surface area (Å²) in [5.41, 5.74) is 3.30. The molecular weight excluding hydrogens is 310 g/mol. The van der Waals surface area contributed by atoms with Gasteiger partial charge < -0.3 is 5.11 Å². The standard InChI is InChI=1S/C20H16F2O2/c1-12-15(10-20(23)24)9-14-4-7-17(22)11-19(14)18(12)8-13-2-5-16(21)6-3-13/h2-7,9,11H,8,10H2,1H3,(H,23,24). The zero-order valence-electron chi connectivity index (χ0n) is 13.1. The van der Waals surface area contributed by atoms with E-state index in [4.69, 9.17) is 5.11 Å². The minimum absolute atomic E-state index is 0.0877. The maximum absolute atomic E-state index is 13.7. The van der Waals surface area contributed by atoms with Gasteiger partial charge in [-0.2, -0.15) is 0 Å². The largest absolute Gasteiger partial charge is 0.481 e. The van der Waals surface area contributed by atoms with Gasteiger partial charge >= 0.3 is 5.97 Å². The van der Waals surface area contributed by atoms with Gasteiger partial charge in [-0.05, 0) is 70.6 Å². The van der Waals surface area contributed by atoms with Gasteiger partial charge in [0.2, 0.25) is 0 Å². The number of aliphatic carboxylic acids is 1. The molecule has 0 atom stereocenters. The first-order valence-electron chi connectivity index (χ1n) is 7.61. The lowest BCUT2D eigenvalue weighted by Gasteiger charge is -2.15. The van der Waals surface area contributed by atoms with Crippen molar-refractivity contribution in [2.75, 3.05) is 0 Å². The van der Waals surface area contributed by atoms with Crippen LogP contribution in [0.1, 0.15) is 22.3 Å². The van der Waals surface area contributed by atoms with E-state index < -0.39 is 5.97 Å². The monoisotopic (exact) mass is 326 g/mol. The Bertz CT molecular complexity index is 915. The number of rotatable bonds is 4. The smallest absolute Gasteiger partial charge is 0.307 e. The summed E-state index contributed by atoms with van der Waals surface area (Å²) in [4.78, 5) is 11.1. The Morgan fingerprint density at radius 3 is 2.33 bits per heavy atom. The van der Waals surface area contributed by atoms with Gasteiger partial charge in [0.1, 0.15) is 11.6 Å². The summed E-state index contributed by atoms with van der Waals surface area (Å²) in [5, 5.41) is 10.7. The highest BCUT2D eigenvalue weighted by Crippen LogP contribution is 2.29.